The Morgan fingerprint density at radius 2 is 1.50 bits per heavy atom. The van der Waals surface area contributed by atoms with E-state index in [-0.39, 0.29) is 6.17 Å². The molecule has 0 fully saturated rings. The van der Waals surface area contributed by atoms with Crippen molar-refractivity contribution >= 4 is 17.1 Å². The quantitative estimate of drug-likeness (QED) is 0.388. The van der Waals surface area contributed by atoms with Crippen LogP contribution in [0.3, 0.4) is 0 Å². The topological polar surface area (TPSA) is 72.1 Å². The average Bonchev–Trinajstić information content (AvgIpc) is 3.16. The second-order valence-corrected chi connectivity index (χ2v) is 7.75. The maximum Gasteiger partial charge on any atom is 0.151 e. The van der Waals surface area contributed by atoms with Crippen LogP contribution in [-0.4, -0.2) is 0 Å². The monoisotopic (exact) mass is 412 g/mol. The number of nitrogens with zero attached hydrogens (tertiary/aromatic N) is 3. The van der Waals surface area contributed by atoms with E-state index >= 15 is 0 Å². The van der Waals surface area contributed by atoms with Gasteiger partial charge in [0.25, 0.3) is 0 Å². The minimum atomic E-state index is -0.152. The third kappa shape index (κ3) is 2.62. The van der Waals surface area contributed by atoms with E-state index < -0.39 is 0 Å². The van der Waals surface area contributed by atoms with Crippen LogP contribution in [0.4, 0.5) is 17.1 Å². The second kappa shape index (κ2) is 6.91. The summed E-state index contributed by atoms with van der Waals surface area (Å²) in [7, 11) is 0. The zero-order chi connectivity index (χ0) is 21.7. The molecule has 0 saturated carbocycles. The molecule has 4 aromatic carbocycles. The molecule has 4 aromatic rings. The molecule has 2 heterocycles. The van der Waals surface area contributed by atoms with Gasteiger partial charge in [-0.05, 0) is 48.0 Å². The van der Waals surface area contributed by atoms with Gasteiger partial charge in [-0.3, -0.25) is 0 Å². The molecular formula is C27H16N4O. The molecule has 150 valence electrons. The lowest BCUT2D eigenvalue weighted by Crippen LogP contribution is -2.22. The number of nitrogens with one attached hydrogen (secondary N) is 1. The molecule has 0 saturated heterocycles. The van der Waals surface area contributed by atoms with Gasteiger partial charge in [0, 0.05) is 11.1 Å². The molecule has 5 nitrogen and oxygen atoms in total. The molecule has 0 radical (unpaired) electrons. The van der Waals surface area contributed by atoms with E-state index in [0.29, 0.717) is 16.9 Å². The van der Waals surface area contributed by atoms with E-state index in [0.717, 1.165) is 39.5 Å². The largest absolute Gasteiger partial charge is 0.454 e. The molecule has 1 N–H and O–H groups in total. The van der Waals surface area contributed by atoms with E-state index in [9.17, 15) is 10.5 Å². The molecule has 0 aliphatic carbocycles. The molecule has 0 amide bonds. The van der Waals surface area contributed by atoms with Gasteiger partial charge in [-0.15, -0.1) is 0 Å². The van der Waals surface area contributed by atoms with Crippen molar-refractivity contribution in [2.45, 2.75) is 6.17 Å². The number of nitriles is 2. The fourth-order valence-electron chi connectivity index (χ4n) is 4.52. The molecule has 0 spiro atoms. The number of para-hydroxylation sites is 5. The lowest BCUT2D eigenvalue weighted by Gasteiger charge is -2.25. The number of hydrogen-bond acceptors (Lipinski definition) is 5. The van der Waals surface area contributed by atoms with Gasteiger partial charge in [0.2, 0.25) is 0 Å². The van der Waals surface area contributed by atoms with E-state index in [1.165, 1.54) is 0 Å². The molecule has 2 aliphatic rings. The normalized spacial score (nSPS) is 14.9. The molecule has 2 aliphatic heterocycles. The van der Waals surface area contributed by atoms with Crippen molar-refractivity contribution in [3.63, 3.8) is 0 Å². The minimum Gasteiger partial charge on any atom is -0.454 e. The Balaban J connectivity index is 1.62. The summed E-state index contributed by atoms with van der Waals surface area (Å²) in [5, 5.41) is 22.6. The standard InChI is InChI=1S/C27H16N4O/c28-15-17-12-18(16-29)14-19(13-17)20-6-5-7-21-26(20)32-25-11-4-3-10-24(25)31-23-9-2-1-8-22(23)30-27(21)31/h1-14,27,30H. The molecule has 1 unspecified atom stereocenters. The Bertz CT molecular complexity index is 1450. The maximum absolute atomic E-state index is 9.46. The van der Waals surface area contributed by atoms with Gasteiger partial charge in [0.1, 0.15) is 11.9 Å². The van der Waals surface area contributed by atoms with Crippen molar-refractivity contribution < 1.29 is 4.74 Å². The van der Waals surface area contributed by atoms with E-state index in [4.69, 9.17) is 4.74 Å². The zero-order valence-electron chi connectivity index (χ0n) is 16.9. The van der Waals surface area contributed by atoms with Crippen LogP contribution in [0.2, 0.25) is 0 Å². The Labute approximate surface area is 185 Å². The number of anilines is 3. The number of fused-ring (bicyclic) bond motifs is 7. The third-order valence-corrected chi connectivity index (χ3v) is 5.89. The van der Waals surface area contributed by atoms with Crippen molar-refractivity contribution in [1.82, 2.24) is 0 Å². The smallest absolute Gasteiger partial charge is 0.151 e. The van der Waals surface area contributed by atoms with Crippen LogP contribution in [0.25, 0.3) is 11.1 Å². The highest BCUT2D eigenvalue weighted by Gasteiger charge is 2.37. The van der Waals surface area contributed by atoms with Gasteiger partial charge in [0.15, 0.2) is 5.75 Å². The van der Waals surface area contributed by atoms with Crippen molar-refractivity contribution in [2.75, 3.05) is 10.2 Å². The summed E-state index contributed by atoms with van der Waals surface area (Å²) in [6.07, 6.45) is -0.152. The second-order valence-electron chi connectivity index (χ2n) is 7.75. The van der Waals surface area contributed by atoms with Crippen LogP contribution in [0.5, 0.6) is 11.5 Å². The maximum atomic E-state index is 9.46. The first-order valence-electron chi connectivity index (χ1n) is 10.3. The summed E-state index contributed by atoms with van der Waals surface area (Å²) in [5.41, 5.74) is 6.60. The fourth-order valence-corrected chi connectivity index (χ4v) is 4.52. The molecule has 6 rings (SSSR count). The highest BCUT2D eigenvalue weighted by Crippen LogP contribution is 2.54. The van der Waals surface area contributed by atoms with Crippen molar-refractivity contribution in [3.8, 4) is 34.8 Å². The number of ether oxygens (including phenoxy) is 1. The minimum absolute atomic E-state index is 0.152. The summed E-state index contributed by atoms with van der Waals surface area (Å²) in [6.45, 7) is 0. The Hall–Kier alpha value is -4.74. The van der Waals surface area contributed by atoms with Crippen molar-refractivity contribution in [1.29, 1.82) is 10.5 Å². The summed E-state index contributed by atoms with van der Waals surface area (Å²) >= 11 is 0. The molecule has 0 aromatic heterocycles. The summed E-state index contributed by atoms with van der Waals surface area (Å²) in [5.74, 6) is 1.46. The lowest BCUT2D eigenvalue weighted by atomic mass is 9.96. The van der Waals surface area contributed by atoms with Gasteiger partial charge in [-0.25, -0.2) is 0 Å². The van der Waals surface area contributed by atoms with Gasteiger partial charge in [-0.2, -0.15) is 10.5 Å². The summed E-state index contributed by atoms with van der Waals surface area (Å²) in [4.78, 5) is 2.26. The average molecular weight is 412 g/mol. The summed E-state index contributed by atoms with van der Waals surface area (Å²) in [6, 6.07) is 31.7. The highest BCUT2D eigenvalue weighted by molar-refractivity contribution is 5.88. The van der Waals surface area contributed by atoms with Crippen LogP contribution in [0, 0.1) is 22.7 Å². The number of benzene rings is 4. The predicted molar refractivity (Wildman–Crippen MR) is 123 cm³/mol. The molecular weight excluding hydrogens is 396 g/mol. The van der Waals surface area contributed by atoms with Crippen molar-refractivity contribution in [2.24, 2.45) is 0 Å². The molecule has 0 bridgehead atoms. The van der Waals surface area contributed by atoms with Gasteiger partial charge in [-0.1, -0.05) is 42.5 Å². The Kier molecular flexibility index (Phi) is 3.90. The van der Waals surface area contributed by atoms with Gasteiger partial charge < -0.3 is 15.0 Å². The summed E-state index contributed by atoms with van der Waals surface area (Å²) < 4.78 is 6.54. The van der Waals surface area contributed by atoms with E-state index in [1.54, 1.807) is 18.2 Å². The van der Waals surface area contributed by atoms with E-state index in [1.807, 2.05) is 42.5 Å². The zero-order valence-corrected chi connectivity index (χ0v) is 16.9. The van der Waals surface area contributed by atoms with Crippen LogP contribution in [0.15, 0.2) is 84.9 Å². The van der Waals surface area contributed by atoms with Crippen molar-refractivity contribution in [3.05, 3.63) is 102 Å². The van der Waals surface area contributed by atoms with Crippen LogP contribution < -0.4 is 15.0 Å². The molecule has 32 heavy (non-hydrogen) atoms. The van der Waals surface area contributed by atoms with E-state index in [2.05, 4.69) is 46.6 Å². The third-order valence-electron chi connectivity index (χ3n) is 5.89. The number of hydrogen-bond donors (Lipinski definition) is 1. The predicted octanol–water partition coefficient (Wildman–Crippen LogP) is 6.47. The highest BCUT2D eigenvalue weighted by atomic mass is 16.5. The van der Waals surface area contributed by atoms with Crippen LogP contribution >= 0.6 is 0 Å². The van der Waals surface area contributed by atoms with Crippen LogP contribution in [0.1, 0.15) is 22.9 Å². The van der Waals surface area contributed by atoms with Crippen LogP contribution in [-0.2, 0) is 0 Å². The Morgan fingerprint density at radius 3 is 2.28 bits per heavy atom. The van der Waals surface area contributed by atoms with Gasteiger partial charge >= 0.3 is 0 Å². The first-order chi connectivity index (χ1) is 15.8. The number of rotatable bonds is 1. The molecule has 5 heteroatoms. The molecule has 1 atom stereocenters. The Morgan fingerprint density at radius 1 is 0.781 bits per heavy atom. The lowest BCUT2D eigenvalue weighted by molar-refractivity contribution is 0.484. The first-order valence-corrected chi connectivity index (χ1v) is 10.3. The fraction of sp³-hybridized carbons (Fsp3) is 0.0370. The van der Waals surface area contributed by atoms with Gasteiger partial charge in [0.05, 0.1) is 40.3 Å². The first kappa shape index (κ1) is 18.1. The SMILES string of the molecule is N#Cc1cc(C#N)cc(-c2cccc3c2Oc2ccccc2N2c4ccccc4NC32)c1.